The molecule has 0 aliphatic carbocycles. The molecule has 2 N–H and O–H groups in total. The Bertz CT molecular complexity index is 342. The van der Waals surface area contributed by atoms with Crippen molar-refractivity contribution < 1.29 is 9.90 Å². The van der Waals surface area contributed by atoms with Gasteiger partial charge in [0.15, 0.2) is 5.15 Å². The first kappa shape index (κ1) is 11.9. The van der Waals surface area contributed by atoms with E-state index in [1.165, 1.54) is 0 Å². The molecule has 1 atom stereocenters. The topological polar surface area (TPSA) is 62.2 Å². The van der Waals surface area contributed by atoms with E-state index in [2.05, 4.69) is 10.3 Å². The van der Waals surface area contributed by atoms with Crippen molar-refractivity contribution >= 4 is 23.2 Å². The van der Waals surface area contributed by atoms with Crippen molar-refractivity contribution in [3.8, 4) is 0 Å². The highest BCUT2D eigenvalue weighted by molar-refractivity contribution is 6.32. The summed E-state index contributed by atoms with van der Waals surface area (Å²) >= 11 is 5.76. The van der Waals surface area contributed by atoms with Gasteiger partial charge in [0.05, 0.1) is 11.8 Å². The highest BCUT2D eigenvalue weighted by atomic mass is 35.5. The normalized spacial score (nSPS) is 12.2. The number of amides is 1. The van der Waals surface area contributed by atoms with E-state index in [0.717, 1.165) is 0 Å². The molecule has 0 radical (unpaired) electrons. The van der Waals surface area contributed by atoms with E-state index >= 15 is 0 Å². The number of anilines is 1. The Kier molecular flexibility index (Phi) is 4.52. The maximum absolute atomic E-state index is 11.4. The molecule has 1 aromatic heterocycles. The number of carbonyl (C=O) groups excluding carboxylic acids is 1. The summed E-state index contributed by atoms with van der Waals surface area (Å²) in [4.78, 5) is 15.2. The first-order valence-electron chi connectivity index (χ1n) is 4.68. The molecule has 0 fully saturated rings. The maximum Gasteiger partial charge on any atom is 0.224 e. The van der Waals surface area contributed by atoms with Crippen molar-refractivity contribution in [2.45, 2.75) is 25.9 Å². The Balaban J connectivity index is 2.48. The number of carbonyl (C=O) groups is 1. The molecule has 1 aromatic rings. The molecule has 0 saturated carbocycles. The molecule has 1 heterocycles. The van der Waals surface area contributed by atoms with Gasteiger partial charge < -0.3 is 10.4 Å². The standard InChI is InChI=1S/C10H13ClN2O2/c1-7(14)4-5-9(15)13-8-3-2-6-12-10(8)11/h2-3,6-7,14H,4-5H2,1H3,(H,13,15). The third-order valence-electron chi connectivity index (χ3n) is 1.82. The number of aliphatic hydroxyl groups is 1. The van der Waals surface area contributed by atoms with Gasteiger partial charge in [-0.1, -0.05) is 11.6 Å². The van der Waals surface area contributed by atoms with Crippen LogP contribution in [0.3, 0.4) is 0 Å². The molecular weight excluding hydrogens is 216 g/mol. The average molecular weight is 229 g/mol. The number of rotatable bonds is 4. The Morgan fingerprint density at radius 1 is 1.73 bits per heavy atom. The number of aliphatic hydroxyl groups excluding tert-OH is 1. The number of hydrogen-bond donors (Lipinski definition) is 2. The van der Waals surface area contributed by atoms with Gasteiger partial charge >= 0.3 is 0 Å². The molecular formula is C10H13ClN2O2. The van der Waals surface area contributed by atoms with Crippen LogP contribution in [0.4, 0.5) is 5.69 Å². The monoisotopic (exact) mass is 228 g/mol. The van der Waals surface area contributed by atoms with E-state index < -0.39 is 6.10 Å². The van der Waals surface area contributed by atoms with Crippen LogP contribution in [-0.4, -0.2) is 22.1 Å². The van der Waals surface area contributed by atoms with Crippen molar-refractivity contribution in [3.05, 3.63) is 23.5 Å². The first-order chi connectivity index (χ1) is 7.09. The zero-order valence-corrected chi connectivity index (χ0v) is 9.16. The summed E-state index contributed by atoms with van der Waals surface area (Å²) < 4.78 is 0. The molecule has 1 amide bonds. The molecule has 15 heavy (non-hydrogen) atoms. The van der Waals surface area contributed by atoms with Crippen LogP contribution < -0.4 is 5.32 Å². The van der Waals surface area contributed by atoms with Crippen molar-refractivity contribution in [3.63, 3.8) is 0 Å². The van der Waals surface area contributed by atoms with Gasteiger partial charge in [-0.25, -0.2) is 4.98 Å². The van der Waals surface area contributed by atoms with Crippen molar-refractivity contribution in [1.82, 2.24) is 4.98 Å². The quantitative estimate of drug-likeness (QED) is 0.773. The van der Waals surface area contributed by atoms with Crippen LogP contribution in [0.25, 0.3) is 0 Å². The lowest BCUT2D eigenvalue weighted by Gasteiger charge is -2.06. The van der Waals surface area contributed by atoms with E-state index in [1.807, 2.05) is 0 Å². The zero-order valence-electron chi connectivity index (χ0n) is 8.40. The molecule has 0 bridgehead atoms. The van der Waals surface area contributed by atoms with Gasteiger partial charge in [-0.2, -0.15) is 0 Å². The number of nitrogens with one attached hydrogen (secondary N) is 1. The fourth-order valence-electron chi connectivity index (χ4n) is 1.03. The number of pyridine rings is 1. The lowest BCUT2D eigenvalue weighted by atomic mass is 10.2. The fraction of sp³-hybridized carbons (Fsp3) is 0.400. The summed E-state index contributed by atoms with van der Waals surface area (Å²) in [5, 5.41) is 11.9. The second-order valence-corrected chi connectivity index (χ2v) is 3.64. The molecule has 0 aliphatic heterocycles. The van der Waals surface area contributed by atoms with Crippen LogP contribution in [0.1, 0.15) is 19.8 Å². The van der Waals surface area contributed by atoms with Crippen LogP contribution in [0.15, 0.2) is 18.3 Å². The zero-order chi connectivity index (χ0) is 11.3. The highest BCUT2D eigenvalue weighted by Crippen LogP contribution is 2.17. The second kappa shape index (κ2) is 5.68. The number of hydrogen-bond acceptors (Lipinski definition) is 3. The minimum Gasteiger partial charge on any atom is -0.393 e. The molecule has 0 aromatic carbocycles. The van der Waals surface area contributed by atoms with Crippen molar-refractivity contribution in [2.24, 2.45) is 0 Å². The Labute approximate surface area is 93.3 Å². The van der Waals surface area contributed by atoms with E-state index in [-0.39, 0.29) is 17.5 Å². The first-order valence-corrected chi connectivity index (χ1v) is 5.06. The summed E-state index contributed by atoms with van der Waals surface area (Å²) in [6, 6.07) is 3.37. The molecule has 4 nitrogen and oxygen atoms in total. The van der Waals surface area contributed by atoms with Gasteiger partial charge in [-0.3, -0.25) is 4.79 Å². The lowest BCUT2D eigenvalue weighted by Crippen LogP contribution is -2.14. The molecule has 0 spiro atoms. The van der Waals surface area contributed by atoms with Gasteiger partial charge in [0.1, 0.15) is 0 Å². The van der Waals surface area contributed by atoms with Crippen LogP contribution in [0, 0.1) is 0 Å². The van der Waals surface area contributed by atoms with Crippen LogP contribution in [-0.2, 0) is 4.79 Å². The van der Waals surface area contributed by atoms with E-state index in [0.29, 0.717) is 12.1 Å². The average Bonchev–Trinajstić information content (AvgIpc) is 2.18. The van der Waals surface area contributed by atoms with Crippen LogP contribution >= 0.6 is 11.6 Å². The van der Waals surface area contributed by atoms with Gasteiger partial charge in [0.2, 0.25) is 5.91 Å². The van der Waals surface area contributed by atoms with Gasteiger partial charge in [-0.15, -0.1) is 0 Å². The fourth-order valence-corrected chi connectivity index (χ4v) is 1.20. The van der Waals surface area contributed by atoms with Crippen molar-refractivity contribution in [1.29, 1.82) is 0 Å². The Morgan fingerprint density at radius 2 is 2.47 bits per heavy atom. The number of aromatic nitrogens is 1. The summed E-state index contributed by atoms with van der Waals surface area (Å²) in [6.07, 6.45) is 1.78. The smallest absolute Gasteiger partial charge is 0.224 e. The minimum absolute atomic E-state index is 0.175. The van der Waals surface area contributed by atoms with Gasteiger partial charge in [-0.05, 0) is 25.5 Å². The predicted molar refractivity (Wildman–Crippen MR) is 58.8 cm³/mol. The summed E-state index contributed by atoms with van der Waals surface area (Å²) in [5.74, 6) is -0.175. The van der Waals surface area contributed by atoms with Crippen LogP contribution in [0.2, 0.25) is 5.15 Å². The predicted octanol–water partition coefficient (Wildman–Crippen LogP) is 1.83. The third kappa shape index (κ3) is 4.27. The summed E-state index contributed by atoms with van der Waals surface area (Å²) in [6.45, 7) is 1.64. The SMILES string of the molecule is CC(O)CCC(=O)Nc1cccnc1Cl. The molecule has 1 unspecified atom stereocenters. The molecule has 0 saturated heterocycles. The molecule has 5 heteroatoms. The van der Waals surface area contributed by atoms with E-state index in [1.54, 1.807) is 25.3 Å². The summed E-state index contributed by atoms with van der Waals surface area (Å²) in [5.41, 5.74) is 0.495. The van der Waals surface area contributed by atoms with Gasteiger partial charge in [0, 0.05) is 12.6 Å². The van der Waals surface area contributed by atoms with E-state index in [9.17, 15) is 4.79 Å². The maximum atomic E-state index is 11.4. The molecule has 0 aliphatic rings. The Hall–Kier alpha value is -1.13. The van der Waals surface area contributed by atoms with Crippen LogP contribution in [0.5, 0.6) is 0 Å². The number of nitrogens with zero attached hydrogens (tertiary/aromatic N) is 1. The van der Waals surface area contributed by atoms with Gasteiger partial charge in [0.25, 0.3) is 0 Å². The molecule has 1 rings (SSSR count). The largest absolute Gasteiger partial charge is 0.393 e. The number of halogens is 1. The second-order valence-electron chi connectivity index (χ2n) is 3.28. The van der Waals surface area contributed by atoms with E-state index in [4.69, 9.17) is 16.7 Å². The highest BCUT2D eigenvalue weighted by Gasteiger charge is 2.07. The summed E-state index contributed by atoms with van der Waals surface area (Å²) in [7, 11) is 0. The minimum atomic E-state index is -0.472. The third-order valence-corrected chi connectivity index (χ3v) is 2.12. The van der Waals surface area contributed by atoms with Crippen molar-refractivity contribution in [2.75, 3.05) is 5.32 Å². The lowest BCUT2D eigenvalue weighted by molar-refractivity contribution is -0.116. The Morgan fingerprint density at radius 3 is 3.07 bits per heavy atom. The molecule has 82 valence electrons.